The summed E-state index contributed by atoms with van der Waals surface area (Å²) in [4.78, 5) is 0. The Bertz CT molecular complexity index is 185. The Hall–Kier alpha value is 0.330. The Kier molecular flexibility index (Phi) is 4.46. The van der Waals surface area contributed by atoms with Gasteiger partial charge in [0.15, 0.2) is 0 Å². The molecule has 1 heterocycles. The van der Waals surface area contributed by atoms with Gasteiger partial charge in [-0.1, -0.05) is 22.5 Å². The lowest BCUT2D eigenvalue weighted by molar-refractivity contribution is 0.498. The second kappa shape index (κ2) is 5.14. The van der Waals surface area contributed by atoms with Gasteiger partial charge in [0.1, 0.15) is 0 Å². The highest BCUT2D eigenvalue weighted by molar-refractivity contribution is 9.11. The molecule has 70 valence electrons. The van der Waals surface area contributed by atoms with Gasteiger partial charge in [-0.2, -0.15) is 0 Å². The maximum Gasteiger partial charge on any atom is 0.0268 e. The van der Waals surface area contributed by atoms with Crippen molar-refractivity contribution in [2.75, 3.05) is 18.1 Å². The van der Waals surface area contributed by atoms with Crippen LogP contribution in [0, 0.1) is 0 Å². The van der Waals surface area contributed by atoms with E-state index in [1.54, 1.807) is 0 Å². The van der Waals surface area contributed by atoms with E-state index in [1.165, 1.54) is 0 Å². The molecule has 1 rings (SSSR count). The van der Waals surface area contributed by atoms with E-state index in [9.17, 15) is 4.21 Å². The predicted octanol–water partition coefficient (Wildman–Crippen LogP) is 1.40. The van der Waals surface area contributed by atoms with E-state index in [2.05, 4.69) is 27.8 Å². The third kappa shape index (κ3) is 3.83. The third-order valence-electron chi connectivity index (χ3n) is 1.97. The van der Waals surface area contributed by atoms with Gasteiger partial charge in [-0.25, -0.2) is 0 Å². The summed E-state index contributed by atoms with van der Waals surface area (Å²) in [6, 6.07) is 0.539. The molecule has 1 saturated heterocycles. The largest absolute Gasteiger partial charge is 0.309 e. The minimum Gasteiger partial charge on any atom is -0.309 e. The molecule has 1 N–H and O–H groups in total. The van der Waals surface area contributed by atoms with Crippen LogP contribution in [0.4, 0.5) is 0 Å². The summed E-state index contributed by atoms with van der Waals surface area (Å²) in [6.45, 7) is 4.57. The fraction of sp³-hybridized carbons (Fsp3) is 0.750. The molecule has 0 saturated carbocycles. The zero-order chi connectivity index (χ0) is 8.97. The Morgan fingerprint density at radius 2 is 2.17 bits per heavy atom. The molecule has 0 unspecified atom stereocenters. The van der Waals surface area contributed by atoms with Crippen molar-refractivity contribution in [3.8, 4) is 0 Å². The van der Waals surface area contributed by atoms with Crippen LogP contribution in [0.5, 0.6) is 0 Å². The topological polar surface area (TPSA) is 29.1 Å². The van der Waals surface area contributed by atoms with Gasteiger partial charge in [0.2, 0.25) is 0 Å². The second-order valence-corrected chi connectivity index (χ2v) is 5.84. The van der Waals surface area contributed by atoms with Gasteiger partial charge in [0, 0.05) is 39.4 Å². The van der Waals surface area contributed by atoms with Crippen LogP contribution in [0.2, 0.25) is 0 Å². The molecule has 1 aliphatic heterocycles. The van der Waals surface area contributed by atoms with E-state index < -0.39 is 10.8 Å². The van der Waals surface area contributed by atoms with Crippen LogP contribution in [0.1, 0.15) is 12.8 Å². The Morgan fingerprint density at radius 1 is 1.58 bits per heavy atom. The van der Waals surface area contributed by atoms with Gasteiger partial charge in [0.05, 0.1) is 0 Å². The molecular weight excluding hydrogens is 238 g/mol. The third-order valence-corrected chi connectivity index (χ3v) is 3.63. The summed E-state index contributed by atoms with van der Waals surface area (Å²) in [7, 11) is -0.549. The van der Waals surface area contributed by atoms with Crippen molar-refractivity contribution in [2.24, 2.45) is 0 Å². The maximum atomic E-state index is 11.0. The fourth-order valence-electron chi connectivity index (χ4n) is 1.25. The molecule has 1 aliphatic rings. The first-order valence-electron chi connectivity index (χ1n) is 4.10. The molecular formula is C8H14BrNOS. The van der Waals surface area contributed by atoms with Crippen LogP contribution in [-0.2, 0) is 10.8 Å². The quantitative estimate of drug-likeness (QED) is 0.822. The maximum absolute atomic E-state index is 11.0. The summed E-state index contributed by atoms with van der Waals surface area (Å²) >= 11 is 3.30. The average Bonchev–Trinajstić information content (AvgIpc) is 2.03. The van der Waals surface area contributed by atoms with E-state index in [0.29, 0.717) is 6.04 Å². The molecule has 2 nitrogen and oxygen atoms in total. The van der Waals surface area contributed by atoms with Crippen LogP contribution in [-0.4, -0.2) is 28.3 Å². The molecule has 1 fully saturated rings. The number of nitrogens with one attached hydrogen (secondary N) is 1. The van der Waals surface area contributed by atoms with Crippen molar-refractivity contribution in [3.05, 3.63) is 11.1 Å². The lowest BCUT2D eigenvalue weighted by atomic mass is 10.1. The first kappa shape index (κ1) is 10.4. The van der Waals surface area contributed by atoms with Crippen molar-refractivity contribution >= 4 is 26.7 Å². The highest BCUT2D eigenvalue weighted by Crippen LogP contribution is 2.09. The van der Waals surface area contributed by atoms with Crippen molar-refractivity contribution < 1.29 is 4.21 Å². The lowest BCUT2D eigenvalue weighted by Gasteiger charge is -2.22. The van der Waals surface area contributed by atoms with Crippen molar-refractivity contribution in [1.29, 1.82) is 0 Å². The average molecular weight is 252 g/mol. The lowest BCUT2D eigenvalue weighted by Crippen LogP contribution is -2.36. The zero-order valence-corrected chi connectivity index (χ0v) is 9.42. The molecule has 4 heteroatoms. The predicted molar refractivity (Wildman–Crippen MR) is 57.0 cm³/mol. The van der Waals surface area contributed by atoms with Crippen LogP contribution in [0.15, 0.2) is 11.1 Å². The first-order valence-corrected chi connectivity index (χ1v) is 6.38. The molecule has 12 heavy (non-hydrogen) atoms. The first-order chi connectivity index (χ1) is 5.68. The molecule has 0 spiro atoms. The number of hydrogen-bond acceptors (Lipinski definition) is 2. The van der Waals surface area contributed by atoms with Crippen molar-refractivity contribution in [1.82, 2.24) is 5.32 Å². The smallest absolute Gasteiger partial charge is 0.0268 e. The molecule has 0 atom stereocenters. The van der Waals surface area contributed by atoms with Gasteiger partial charge in [-0.15, -0.1) is 0 Å². The van der Waals surface area contributed by atoms with Gasteiger partial charge >= 0.3 is 0 Å². The molecule has 0 aromatic carbocycles. The molecule has 0 aromatic rings. The summed E-state index contributed by atoms with van der Waals surface area (Å²) in [6.07, 6.45) is 2.07. The van der Waals surface area contributed by atoms with Gasteiger partial charge in [0.25, 0.3) is 0 Å². The number of hydrogen-bond donors (Lipinski definition) is 1. The van der Waals surface area contributed by atoms with Crippen molar-refractivity contribution in [3.63, 3.8) is 0 Å². The second-order valence-electron chi connectivity index (χ2n) is 3.02. The Labute approximate surface area is 84.4 Å². The van der Waals surface area contributed by atoms with Gasteiger partial charge < -0.3 is 5.32 Å². The van der Waals surface area contributed by atoms with E-state index in [0.717, 1.165) is 35.4 Å². The van der Waals surface area contributed by atoms with Crippen LogP contribution < -0.4 is 5.32 Å². The van der Waals surface area contributed by atoms with E-state index in [-0.39, 0.29) is 0 Å². The molecule has 0 aliphatic carbocycles. The summed E-state index contributed by atoms with van der Waals surface area (Å²) in [5.74, 6) is 1.71. The summed E-state index contributed by atoms with van der Waals surface area (Å²) < 4.78 is 12.0. The monoisotopic (exact) mass is 251 g/mol. The van der Waals surface area contributed by atoms with Crippen LogP contribution >= 0.6 is 15.9 Å². The zero-order valence-electron chi connectivity index (χ0n) is 7.01. The highest BCUT2D eigenvalue weighted by Gasteiger charge is 2.16. The van der Waals surface area contributed by atoms with Crippen molar-refractivity contribution in [2.45, 2.75) is 18.9 Å². The molecule has 0 radical (unpaired) electrons. The fourth-order valence-corrected chi connectivity index (χ4v) is 2.71. The van der Waals surface area contributed by atoms with Crippen LogP contribution in [0.25, 0.3) is 0 Å². The van der Waals surface area contributed by atoms with Gasteiger partial charge in [-0.05, 0) is 12.8 Å². The SMILES string of the molecule is C=C(Br)CNC1CCS(=O)CC1. The summed E-state index contributed by atoms with van der Waals surface area (Å²) in [5.41, 5.74) is 0. The number of halogens is 1. The summed E-state index contributed by atoms with van der Waals surface area (Å²) in [5, 5.41) is 3.36. The highest BCUT2D eigenvalue weighted by atomic mass is 79.9. The number of rotatable bonds is 3. The molecule has 0 aromatic heterocycles. The van der Waals surface area contributed by atoms with E-state index in [1.807, 2.05) is 0 Å². The standard InChI is InChI=1S/C8H14BrNOS/c1-7(9)6-10-8-2-4-12(11)5-3-8/h8,10H,1-6H2. The minimum absolute atomic E-state index is 0.539. The molecule has 0 amide bonds. The Balaban J connectivity index is 2.17. The van der Waals surface area contributed by atoms with Gasteiger partial charge in [-0.3, -0.25) is 4.21 Å². The normalized spacial score (nSPS) is 30.1. The van der Waals surface area contributed by atoms with E-state index >= 15 is 0 Å². The Morgan fingerprint density at radius 3 is 2.67 bits per heavy atom. The van der Waals surface area contributed by atoms with E-state index in [4.69, 9.17) is 0 Å². The molecule has 0 bridgehead atoms. The van der Waals surface area contributed by atoms with Crippen LogP contribution in [0.3, 0.4) is 0 Å². The minimum atomic E-state index is -0.549.